The SMILES string of the molecule is O=C1[C@H]2C[C@@H](O)CCN2C(=O)CN1CCc1ccccc1Cl. The third-order valence-electron chi connectivity index (χ3n) is 4.43. The van der Waals surface area contributed by atoms with Crippen LogP contribution in [0.15, 0.2) is 24.3 Å². The second-order valence-corrected chi connectivity index (χ2v) is 6.29. The van der Waals surface area contributed by atoms with Crippen molar-refractivity contribution in [3.63, 3.8) is 0 Å². The van der Waals surface area contributed by atoms with Gasteiger partial charge < -0.3 is 14.9 Å². The van der Waals surface area contributed by atoms with Crippen molar-refractivity contribution in [1.29, 1.82) is 0 Å². The van der Waals surface area contributed by atoms with Gasteiger partial charge in [-0.1, -0.05) is 29.8 Å². The van der Waals surface area contributed by atoms with E-state index in [1.54, 1.807) is 9.80 Å². The van der Waals surface area contributed by atoms with Crippen LogP contribution in [-0.2, 0) is 16.0 Å². The topological polar surface area (TPSA) is 60.9 Å². The molecule has 6 heteroatoms. The zero-order chi connectivity index (χ0) is 15.7. The molecule has 0 aromatic heterocycles. The van der Waals surface area contributed by atoms with E-state index in [9.17, 15) is 14.7 Å². The largest absolute Gasteiger partial charge is 0.393 e. The number of aliphatic hydroxyl groups is 1. The van der Waals surface area contributed by atoms with Crippen LogP contribution >= 0.6 is 11.6 Å². The number of hydrogen-bond donors (Lipinski definition) is 1. The van der Waals surface area contributed by atoms with Crippen molar-refractivity contribution in [3.8, 4) is 0 Å². The maximum atomic E-state index is 12.5. The second kappa shape index (κ2) is 6.26. The fourth-order valence-corrected chi connectivity index (χ4v) is 3.40. The summed E-state index contributed by atoms with van der Waals surface area (Å²) in [5, 5.41) is 10.4. The lowest BCUT2D eigenvalue weighted by Gasteiger charge is -2.44. The molecular weight excluding hydrogens is 304 g/mol. The zero-order valence-electron chi connectivity index (χ0n) is 12.2. The summed E-state index contributed by atoms with van der Waals surface area (Å²) in [4.78, 5) is 27.9. The molecule has 2 aliphatic rings. The van der Waals surface area contributed by atoms with E-state index in [1.165, 1.54) is 0 Å². The first kappa shape index (κ1) is 15.3. The Labute approximate surface area is 134 Å². The monoisotopic (exact) mass is 322 g/mol. The van der Waals surface area contributed by atoms with Crippen molar-refractivity contribution < 1.29 is 14.7 Å². The van der Waals surface area contributed by atoms with E-state index in [0.717, 1.165) is 5.56 Å². The summed E-state index contributed by atoms with van der Waals surface area (Å²) in [5.74, 6) is -0.0962. The predicted octanol–water partition coefficient (Wildman–Crippen LogP) is 1.08. The quantitative estimate of drug-likeness (QED) is 0.906. The lowest BCUT2D eigenvalue weighted by molar-refractivity contribution is -0.160. The first-order chi connectivity index (χ1) is 10.6. The Kier molecular flexibility index (Phi) is 4.36. The number of halogens is 1. The van der Waals surface area contributed by atoms with Gasteiger partial charge in [0.2, 0.25) is 11.8 Å². The molecule has 2 aliphatic heterocycles. The summed E-state index contributed by atoms with van der Waals surface area (Å²) in [6, 6.07) is 7.01. The van der Waals surface area contributed by atoms with E-state index in [1.807, 2.05) is 24.3 Å². The molecular formula is C16H19ClN2O3. The van der Waals surface area contributed by atoms with E-state index < -0.39 is 12.1 Å². The maximum Gasteiger partial charge on any atom is 0.245 e. The van der Waals surface area contributed by atoms with Crippen LogP contribution in [0.1, 0.15) is 18.4 Å². The first-order valence-corrected chi connectivity index (χ1v) is 7.94. The van der Waals surface area contributed by atoms with Gasteiger partial charge in [0.25, 0.3) is 0 Å². The Morgan fingerprint density at radius 3 is 2.82 bits per heavy atom. The highest BCUT2D eigenvalue weighted by Gasteiger charge is 2.42. The Hall–Kier alpha value is -1.59. The molecule has 2 amide bonds. The minimum Gasteiger partial charge on any atom is -0.393 e. The molecule has 22 heavy (non-hydrogen) atoms. The molecule has 118 valence electrons. The Bertz CT molecular complexity index is 593. The average molecular weight is 323 g/mol. The van der Waals surface area contributed by atoms with Gasteiger partial charge in [0.1, 0.15) is 6.04 Å². The molecule has 3 rings (SSSR count). The molecule has 0 saturated carbocycles. The molecule has 0 spiro atoms. The van der Waals surface area contributed by atoms with Crippen molar-refractivity contribution in [2.75, 3.05) is 19.6 Å². The van der Waals surface area contributed by atoms with Crippen LogP contribution in [0.3, 0.4) is 0 Å². The van der Waals surface area contributed by atoms with Crippen molar-refractivity contribution in [1.82, 2.24) is 9.80 Å². The van der Waals surface area contributed by atoms with E-state index in [4.69, 9.17) is 11.6 Å². The molecule has 0 unspecified atom stereocenters. The highest BCUT2D eigenvalue weighted by Crippen LogP contribution is 2.24. The number of amides is 2. The van der Waals surface area contributed by atoms with E-state index in [-0.39, 0.29) is 18.4 Å². The van der Waals surface area contributed by atoms with Crippen LogP contribution in [-0.4, -0.2) is 58.5 Å². The molecule has 1 aromatic carbocycles. The molecule has 2 saturated heterocycles. The van der Waals surface area contributed by atoms with Crippen molar-refractivity contribution in [2.45, 2.75) is 31.4 Å². The van der Waals surface area contributed by atoms with Gasteiger partial charge in [-0.05, 0) is 24.5 Å². The third kappa shape index (κ3) is 2.96. The molecule has 1 N–H and O–H groups in total. The van der Waals surface area contributed by atoms with Crippen LogP contribution in [0.5, 0.6) is 0 Å². The molecule has 5 nitrogen and oxygen atoms in total. The van der Waals surface area contributed by atoms with Gasteiger partial charge in [-0.15, -0.1) is 0 Å². The van der Waals surface area contributed by atoms with Crippen LogP contribution in [0.4, 0.5) is 0 Å². The summed E-state index contributed by atoms with van der Waals surface area (Å²) in [7, 11) is 0. The van der Waals surface area contributed by atoms with E-state index in [0.29, 0.717) is 37.4 Å². The Morgan fingerprint density at radius 2 is 2.05 bits per heavy atom. The number of carbonyl (C=O) groups excluding carboxylic acids is 2. The average Bonchev–Trinajstić information content (AvgIpc) is 2.50. The minimum atomic E-state index is -0.503. The molecule has 0 aliphatic carbocycles. The van der Waals surface area contributed by atoms with E-state index in [2.05, 4.69) is 0 Å². The predicted molar refractivity (Wildman–Crippen MR) is 82.5 cm³/mol. The number of piperidine rings is 1. The number of benzene rings is 1. The summed E-state index contributed by atoms with van der Waals surface area (Å²) in [6.07, 6.45) is 1.01. The van der Waals surface area contributed by atoms with Gasteiger partial charge in [-0.25, -0.2) is 0 Å². The smallest absolute Gasteiger partial charge is 0.245 e. The summed E-state index contributed by atoms with van der Waals surface area (Å²) < 4.78 is 0. The fraction of sp³-hybridized carbons (Fsp3) is 0.500. The molecule has 2 atom stereocenters. The number of aliphatic hydroxyl groups excluding tert-OH is 1. The summed E-state index contributed by atoms with van der Waals surface area (Å²) >= 11 is 6.13. The van der Waals surface area contributed by atoms with Gasteiger partial charge in [0, 0.05) is 24.5 Å². The zero-order valence-corrected chi connectivity index (χ0v) is 13.0. The Morgan fingerprint density at radius 1 is 1.27 bits per heavy atom. The second-order valence-electron chi connectivity index (χ2n) is 5.88. The van der Waals surface area contributed by atoms with Crippen molar-refractivity contribution >= 4 is 23.4 Å². The fourth-order valence-electron chi connectivity index (χ4n) is 3.17. The number of fused-ring (bicyclic) bond motifs is 1. The Balaban J connectivity index is 1.68. The van der Waals surface area contributed by atoms with Gasteiger partial charge in [0.05, 0.1) is 12.6 Å². The van der Waals surface area contributed by atoms with E-state index >= 15 is 0 Å². The van der Waals surface area contributed by atoms with Gasteiger partial charge in [-0.2, -0.15) is 0 Å². The third-order valence-corrected chi connectivity index (χ3v) is 4.80. The lowest BCUT2D eigenvalue weighted by atomic mass is 9.96. The molecule has 2 fully saturated rings. The number of hydrogen-bond acceptors (Lipinski definition) is 3. The first-order valence-electron chi connectivity index (χ1n) is 7.56. The molecule has 0 bridgehead atoms. The van der Waals surface area contributed by atoms with Crippen LogP contribution in [0.2, 0.25) is 5.02 Å². The van der Waals surface area contributed by atoms with Crippen LogP contribution < -0.4 is 0 Å². The van der Waals surface area contributed by atoms with Crippen LogP contribution in [0, 0.1) is 0 Å². The minimum absolute atomic E-state index is 0.0318. The summed E-state index contributed by atoms with van der Waals surface area (Å²) in [6.45, 7) is 1.05. The van der Waals surface area contributed by atoms with Gasteiger partial charge in [-0.3, -0.25) is 9.59 Å². The number of piperazine rings is 1. The maximum absolute atomic E-state index is 12.5. The van der Waals surface area contributed by atoms with Gasteiger partial charge >= 0.3 is 0 Å². The van der Waals surface area contributed by atoms with Crippen molar-refractivity contribution in [2.24, 2.45) is 0 Å². The molecule has 0 radical (unpaired) electrons. The number of rotatable bonds is 3. The lowest BCUT2D eigenvalue weighted by Crippen LogP contribution is -2.63. The van der Waals surface area contributed by atoms with Crippen LogP contribution in [0.25, 0.3) is 0 Å². The standard InChI is InChI=1S/C16H19ClN2O3/c17-13-4-2-1-3-11(13)5-7-18-10-15(21)19-8-6-12(20)9-14(19)16(18)22/h1-4,12,14,20H,5-10H2/t12-,14+/m0/s1. The summed E-state index contributed by atoms with van der Waals surface area (Å²) in [5.41, 5.74) is 0.968. The number of carbonyl (C=O) groups is 2. The van der Waals surface area contributed by atoms with Crippen molar-refractivity contribution in [3.05, 3.63) is 34.9 Å². The molecule has 2 heterocycles. The highest BCUT2D eigenvalue weighted by atomic mass is 35.5. The number of nitrogens with zero attached hydrogens (tertiary/aromatic N) is 2. The molecule has 1 aromatic rings. The normalized spacial score (nSPS) is 25.4. The van der Waals surface area contributed by atoms with Gasteiger partial charge in [0.15, 0.2) is 0 Å². The highest BCUT2D eigenvalue weighted by molar-refractivity contribution is 6.31.